The maximum absolute atomic E-state index is 3.72. The van der Waals surface area contributed by atoms with Gasteiger partial charge >= 0.3 is 0 Å². The van der Waals surface area contributed by atoms with Crippen LogP contribution in [0.2, 0.25) is 0 Å². The van der Waals surface area contributed by atoms with E-state index >= 15 is 0 Å². The number of nitrogens with zero attached hydrogens (tertiary/aromatic N) is 3. The molecule has 3 nitrogen and oxygen atoms in total. The summed E-state index contributed by atoms with van der Waals surface area (Å²) in [4.78, 5) is 3.39. The molecule has 0 spiro atoms. The van der Waals surface area contributed by atoms with Gasteiger partial charge in [-0.25, -0.2) is 0 Å². The van der Waals surface area contributed by atoms with Crippen molar-refractivity contribution in [2.75, 3.05) is 14.1 Å². The van der Waals surface area contributed by atoms with E-state index in [1.807, 2.05) is 14.1 Å². The van der Waals surface area contributed by atoms with Gasteiger partial charge in [0.05, 0.1) is 0 Å². The minimum Gasteiger partial charge on any atom is -0.302 e. The molecule has 40 valence electrons. The van der Waals surface area contributed by atoms with Gasteiger partial charge in [-0.15, -0.1) is 0 Å². The van der Waals surface area contributed by atoms with Crippen LogP contribution in [-0.4, -0.2) is 32.2 Å². The Labute approximate surface area is 43.4 Å². The van der Waals surface area contributed by atoms with Gasteiger partial charge in [-0.1, -0.05) is 0 Å². The lowest BCUT2D eigenvalue weighted by Gasteiger charge is -1.98. The van der Waals surface area contributed by atoms with Crippen molar-refractivity contribution in [1.82, 2.24) is 5.01 Å². The molecule has 0 amide bonds. The quantitative estimate of drug-likeness (QED) is 0.276. The Morgan fingerprint density at radius 1 is 1.57 bits per heavy atom. The molecule has 0 atom stereocenters. The summed E-state index contributed by atoms with van der Waals surface area (Å²) in [6.07, 6.45) is 1.39. The van der Waals surface area contributed by atoms with E-state index < -0.39 is 0 Å². The molecule has 0 saturated carbocycles. The van der Waals surface area contributed by atoms with E-state index in [1.54, 1.807) is 5.01 Å². The summed E-state index contributed by atoms with van der Waals surface area (Å²) < 4.78 is 0. The molecule has 0 unspecified atom stereocenters. The molecule has 0 bridgehead atoms. The second-order valence-corrected chi connectivity index (χ2v) is 1.26. The van der Waals surface area contributed by atoms with Crippen LogP contribution in [-0.2, 0) is 0 Å². The van der Waals surface area contributed by atoms with Crippen LogP contribution in [0.4, 0.5) is 0 Å². The lowest BCUT2D eigenvalue weighted by Crippen LogP contribution is -2.00. The largest absolute Gasteiger partial charge is 0.302 e. The predicted molar refractivity (Wildman–Crippen MR) is 31.7 cm³/mol. The van der Waals surface area contributed by atoms with E-state index in [1.165, 1.54) is 6.34 Å². The lowest BCUT2D eigenvalue weighted by molar-refractivity contribution is 0.440. The number of rotatable bonds is 2. The standard InChI is InChI=1S/C4H9N3/c1-5-4-6-7(2)3/h4H,1H2,2-3H3. The summed E-state index contributed by atoms with van der Waals surface area (Å²) in [6.45, 7) is 3.21. The molecule has 0 aliphatic heterocycles. The van der Waals surface area contributed by atoms with E-state index in [4.69, 9.17) is 0 Å². The van der Waals surface area contributed by atoms with Gasteiger partial charge in [-0.05, 0) is 6.72 Å². The molecule has 0 saturated heterocycles. The Morgan fingerprint density at radius 2 is 2.14 bits per heavy atom. The van der Waals surface area contributed by atoms with Gasteiger partial charge in [-0.2, -0.15) is 5.10 Å². The van der Waals surface area contributed by atoms with Crippen molar-refractivity contribution >= 4 is 13.1 Å². The maximum atomic E-state index is 3.72. The Balaban J connectivity index is 3.25. The zero-order chi connectivity index (χ0) is 5.70. The Morgan fingerprint density at radius 3 is 2.29 bits per heavy atom. The second-order valence-electron chi connectivity index (χ2n) is 1.26. The molecule has 0 aromatic heterocycles. The Hall–Kier alpha value is -0.860. The summed E-state index contributed by atoms with van der Waals surface area (Å²) in [7, 11) is 3.64. The third-order valence-corrected chi connectivity index (χ3v) is 0.364. The molecule has 0 aromatic rings. The van der Waals surface area contributed by atoms with Crippen molar-refractivity contribution in [1.29, 1.82) is 0 Å². The van der Waals surface area contributed by atoms with Crippen molar-refractivity contribution in [3.63, 3.8) is 0 Å². The van der Waals surface area contributed by atoms with Gasteiger partial charge in [0.1, 0.15) is 6.34 Å². The number of hydrogen-bond donors (Lipinski definition) is 0. The number of aliphatic imine (C=N–C) groups is 1. The lowest BCUT2D eigenvalue weighted by atomic mass is 11.1. The van der Waals surface area contributed by atoms with Crippen LogP contribution in [0.15, 0.2) is 10.1 Å². The summed E-state index contributed by atoms with van der Waals surface area (Å²) in [6, 6.07) is 0. The number of hydrogen-bond acceptors (Lipinski definition) is 2. The summed E-state index contributed by atoms with van der Waals surface area (Å²) in [5.41, 5.74) is 0. The molecule has 3 heteroatoms. The highest BCUT2D eigenvalue weighted by atomic mass is 15.4. The van der Waals surface area contributed by atoms with Gasteiger partial charge < -0.3 is 5.01 Å². The van der Waals surface area contributed by atoms with Crippen molar-refractivity contribution < 1.29 is 0 Å². The van der Waals surface area contributed by atoms with Gasteiger partial charge in [0.15, 0.2) is 0 Å². The van der Waals surface area contributed by atoms with Crippen molar-refractivity contribution in [3.8, 4) is 0 Å². The van der Waals surface area contributed by atoms with Gasteiger partial charge in [0, 0.05) is 14.1 Å². The first-order valence-electron chi connectivity index (χ1n) is 1.93. The fourth-order valence-electron chi connectivity index (χ4n) is 0.140. The maximum Gasteiger partial charge on any atom is 0.134 e. The fraction of sp³-hybridized carbons (Fsp3) is 0.500. The van der Waals surface area contributed by atoms with E-state index in [0.717, 1.165) is 0 Å². The van der Waals surface area contributed by atoms with Gasteiger partial charge in [0.2, 0.25) is 0 Å². The fourth-order valence-corrected chi connectivity index (χ4v) is 0.140. The highest BCUT2D eigenvalue weighted by Gasteiger charge is 1.68. The first-order valence-corrected chi connectivity index (χ1v) is 1.93. The first kappa shape index (κ1) is 6.14. The minimum atomic E-state index is 1.39. The van der Waals surface area contributed by atoms with Crippen molar-refractivity contribution in [3.05, 3.63) is 0 Å². The molecule has 0 aliphatic rings. The monoisotopic (exact) mass is 99.1 g/mol. The molecule has 0 aliphatic carbocycles. The van der Waals surface area contributed by atoms with Crippen LogP contribution < -0.4 is 0 Å². The molecule has 0 N–H and O–H groups in total. The van der Waals surface area contributed by atoms with Crippen LogP contribution in [0.5, 0.6) is 0 Å². The van der Waals surface area contributed by atoms with E-state index in [0.29, 0.717) is 0 Å². The predicted octanol–water partition coefficient (Wildman–Crippen LogP) is 0.192. The highest BCUT2D eigenvalue weighted by molar-refractivity contribution is 5.61. The third-order valence-electron chi connectivity index (χ3n) is 0.364. The van der Waals surface area contributed by atoms with Crippen LogP contribution in [0.1, 0.15) is 0 Å². The van der Waals surface area contributed by atoms with Crippen LogP contribution >= 0.6 is 0 Å². The van der Waals surface area contributed by atoms with Crippen molar-refractivity contribution in [2.24, 2.45) is 10.1 Å². The molecule has 7 heavy (non-hydrogen) atoms. The molecular weight excluding hydrogens is 90.1 g/mol. The molecule has 0 fully saturated rings. The molecule has 0 radical (unpaired) electrons. The number of hydrazone groups is 1. The zero-order valence-corrected chi connectivity index (χ0v) is 4.63. The average molecular weight is 99.1 g/mol. The minimum absolute atomic E-state index is 1.39. The third kappa shape index (κ3) is 5.14. The highest BCUT2D eigenvalue weighted by Crippen LogP contribution is 1.68. The Kier molecular flexibility index (Phi) is 2.92. The SMILES string of the molecule is C=NC=NN(C)C. The summed E-state index contributed by atoms with van der Waals surface area (Å²) in [5.74, 6) is 0. The summed E-state index contributed by atoms with van der Waals surface area (Å²) >= 11 is 0. The van der Waals surface area contributed by atoms with Crippen molar-refractivity contribution in [2.45, 2.75) is 0 Å². The normalized spacial score (nSPS) is 9.43. The first-order chi connectivity index (χ1) is 3.27. The molecule has 0 rings (SSSR count). The smallest absolute Gasteiger partial charge is 0.134 e. The van der Waals surface area contributed by atoms with E-state index in [2.05, 4.69) is 16.8 Å². The Bertz CT molecular complexity index is 75.0. The molecular formula is C4H9N3. The van der Waals surface area contributed by atoms with Crippen LogP contribution in [0.3, 0.4) is 0 Å². The average Bonchev–Trinajstić information content (AvgIpc) is 1.61. The van der Waals surface area contributed by atoms with Crippen LogP contribution in [0, 0.1) is 0 Å². The second kappa shape index (κ2) is 3.33. The van der Waals surface area contributed by atoms with E-state index in [-0.39, 0.29) is 0 Å². The van der Waals surface area contributed by atoms with Crippen LogP contribution in [0.25, 0.3) is 0 Å². The summed E-state index contributed by atoms with van der Waals surface area (Å²) in [5, 5.41) is 5.37. The van der Waals surface area contributed by atoms with E-state index in [9.17, 15) is 0 Å². The molecule has 0 heterocycles. The van der Waals surface area contributed by atoms with Gasteiger partial charge in [-0.3, -0.25) is 4.99 Å². The molecule has 0 aromatic carbocycles. The topological polar surface area (TPSA) is 28.0 Å². The van der Waals surface area contributed by atoms with Gasteiger partial charge in [0.25, 0.3) is 0 Å². The zero-order valence-electron chi connectivity index (χ0n) is 4.63.